The standard InChI is InChI=1S/C15H18N4O4/c1-9(20)16-10-5-6-13(22-3)12(7-10)17-14(21)11-8-19(2)18-15(11)23-4/h5-8H,1-4H3,(H,16,20)(H,17,21). The molecule has 1 aromatic heterocycles. The third kappa shape index (κ3) is 3.79. The van der Waals surface area contributed by atoms with Gasteiger partial charge >= 0.3 is 0 Å². The van der Waals surface area contributed by atoms with E-state index in [0.717, 1.165) is 0 Å². The lowest BCUT2D eigenvalue weighted by molar-refractivity contribution is -0.114. The topological polar surface area (TPSA) is 94.5 Å². The summed E-state index contributed by atoms with van der Waals surface area (Å²) in [5, 5.41) is 9.42. The molecule has 0 saturated carbocycles. The number of methoxy groups -OCH3 is 2. The maximum absolute atomic E-state index is 12.4. The van der Waals surface area contributed by atoms with Crippen molar-refractivity contribution < 1.29 is 19.1 Å². The Labute approximate surface area is 133 Å². The lowest BCUT2D eigenvalue weighted by Gasteiger charge is -2.12. The van der Waals surface area contributed by atoms with E-state index >= 15 is 0 Å². The van der Waals surface area contributed by atoms with Crippen LogP contribution >= 0.6 is 0 Å². The van der Waals surface area contributed by atoms with Crippen LogP contribution in [0.3, 0.4) is 0 Å². The van der Waals surface area contributed by atoms with E-state index in [1.165, 1.54) is 25.8 Å². The number of aryl methyl sites for hydroxylation is 1. The molecule has 0 aliphatic rings. The second-order valence-electron chi connectivity index (χ2n) is 4.78. The molecule has 0 fully saturated rings. The maximum Gasteiger partial charge on any atom is 0.262 e. The normalized spacial score (nSPS) is 10.1. The summed E-state index contributed by atoms with van der Waals surface area (Å²) in [5.41, 5.74) is 1.27. The van der Waals surface area contributed by atoms with Crippen molar-refractivity contribution in [3.63, 3.8) is 0 Å². The average molecular weight is 318 g/mol. The largest absolute Gasteiger partial charge is 0.495 e. The molecule has 8 nitrogen and oxygen atoms in total. The number of amides is 2. The second-order valence-corrected chi connectivity index (χ2v) is 4.78. The van der Waals surface area contributed by atoms with Crippen molar-refractivity contribution in [1.82, 2.24) is 9.78 Å². The number of hydrogen-bond acceptors (Lipinski definition) is 5. The molecule has 0 aliphatic heterocycles. The zero-order valence-electron chi connectivity index (χ0n) is 13.3. The highest BCUT2D eigenvalue weighted by molar-refractivity contribution is 6.06. The summed E-state index contributed by atoms with van der Waals surface area (Å²) in [7, 11) is 4.63. The minimum atomic E-state index is -0.395. The van der Waals surface area contributed by atoms with Crippen molar-refractivity contribution in [3.05, 3.63) is 30.0 Å². The quantitative estimate of drug-likeness (QED) is 0.874. The summed E-state index contributed by atoms with van der Waals surface area (Å²) in [6.07, 6.45) is 1.55. The van der Waals surface area contributed by atoms with Crippen molar-refractivity contribution in [2.24, 2.45) is 7.05 Å². The van der Waals surface area contributed by atoms with Crippen molar-refractivity contribution in [3.8, 4) is 11.6 Å². The smallest absolute Gasteiger partial charge is 0.262 e. The van der Waals surface area contributed by atoms with E-state index in [0.29, 0.717) is 22.7 Å². The van der Waals surface area contributed by atoms with Gasteiger partial charge in [0.2, 0.25) is 11.8 Å². The maximum atomic E-state index is 12.4. The highest BCUT2D eigenvalue weighted by atomic mass is 16.5. The van der Waals surface area contributed by atoms with E-state index < -0.39 is 5.91 Å². The molecule has 0 unspecified atom stereocenters. The predicted octanol–water partition coefficient (Wildman–Crippen LogP) is 1.65. The van der Waals surface area contributed by atoms with Crippen LogP contribution in [-0.4, -0.2) is 35.8 Å². The Morgan fingerprint density at radius 2 is 1.91 bits per heavy atom. The van der Waals surface area contributed by atoms with Crippen LogP contribution in [-0.2, 0) is 11.8 Å². The molecule has 122 valence electrons. The van der Waals surface area contributed by atoms with Gasteiger partial charge in [-0.1, -0.05) is 0 Å². The molecule has 2 aromatic rings. The number of nitrogens with zero attached hydrogens (tertiary/aromatic N) is 2. The molecular formula is C15H18N4O4. The fourth-order valence-corrected chi connectivity index (χ4v) is 2.05. The van der Waals surface area contributed by atoms with Gasteiger partial charge in [-0.2, -0.15) is 0 Å². The number of nitrogens with one attached hydrogen (secondary N) is 2. The number of rotatable bonds is 5. The molecule has 0 radical (unpaired) electrons. The fourth-order valence-electron chi connectivity index (χ4n) is 2.05. The first-order valence-corrected chi connectivity index (χ1v) is 6.79. The Bertz CT molecular complexity index is 739. The van der Waals surface area contributed by atoms with Crippen molar-refractivity contribution in [2.45, 2.75) is 6.92 Å². The van der Waals surface area contributed by atoms with E-state index in [-0.39, 0.29) is 11.8 Å². The zero-order valence-corrected chi connectivity index (χ0v) is 13.3. The lowest BCUT2D eigenvalue weighted by atomic mass is 10.2. The van der Waals surface area contributed by atoms with Crippen LogP contribution in [0.25, 0.3) is 0 Å². The van der Waals surface area contributed by atoms with Gasteiger partial charge in [-0.15, -0.1) is 5.10 Å². The summed E-state index contributed by atoms with van der Waals surface area (Å²) < 4.78 is 11.8. The van der Waals surface area contributed by atoms with Crippen molar-refractivity contribution in [1.29, 1.82) is 0 Å². The number of ether oxygens (including phenoxy) is 2. The summed E-state index contributed by atoms with van der Waals surface area (Å²) in [6.45, 7) is 1.41. The van der Waals surface area contributed by atoms with Gasteiger partial charge in [0.1, 0.15) is 11.3 Å². The number of carbonyl (C=O) groups is 2. The van der Waals surface area contributed by atoms with Gasteiger partial charge in [0.25, 0.3) is 5.91 Å². The highest BCUT2D eigenvalue weighted by Gasteiger charge is 2.18. The first kappa shape index (κ1) is 16.3. The summed E-state index contributed by atoms with van der Waals surface area (Å²) in [6, 6.07) is 4.95. The van der Waals surface area contributed by atoms with Gasteiger partial charge in [-0.05, 0) is 18.2 Å². The number of anilines is 2. The van der Waals surface area contributed by atoms with Gasteiger partial charge in [-0.3, -0.25) is 14.3 Å². The predicted molar refractivity (Wildman–Crippen MR) is 85.0 cm³/mol. The Kier molecular flexibility index (Phi) is 4.85. The summed E-state index contributed by atoms with van der Waals surface area (Å²) in [5.74, 6) is 0.0897. The second kappa shape index (κ2) is 6.82. The molecular weight excluding hydrogens is 300 g/mol. The monoisotopic (exact) mass is 318 g/mol. The molecule has 2 N–H and O–H groups in total. The molecule has 0 atom stereocenters. The van der Waals surface area contributed by atoms with E-state index in [1.807, 2.05) is 0 Å². The van der Waals surface area contributed by atoms with E-state index in [1.54, 1.807) is 31.4 Å². The molecule has 2 rings (SSSR count). The summed E-state index contributed by atoms with van der Waals surface area (Å²) >= 11 is 0. The minimum Gasteiger partial charge on any atom is -0.495 e. The molecule has 2 amide bonds. The van der Waals surface area contributed by atoms with E-state index in [4.69, 9.17) is 9.47 Å². The van der Waals surface area contributed by atoms with Gasteiger partial charge in [0, 0.05) is 25.9 Å². The first-order valence-electron chi connectivity index (χ1n) is 6.79. The molecule has 1 heterocycles. The number of benzene rings is 1. The molecule has 0 saturated heterocycles. The molecule has 0 bridgehead atoms. The van der Waals surface area contributed by atoms with Crippen LogP contribution in [0, 0.1) is 0 Å². The van der Waals surface area contributed by atoms with Gasteiger partial charge in [-0.25, -0.2) is 0 Å². The number of aromatic nitrogens is 2. The third-order valence-electron chi connectivity index (χ3n) is 3.00. The Morgan fingerprint density at radius 3 is 2.52 bits per heavy atom. The molecule has 0 spiro atoms. The molecule has 8 heteroatoms. The van der Waals surface area contributed by atoms with E-state index in [9.17, 15) is 9.59 Å². The van der Waals surface area contributed by atoms with Crippen LogP contribution in [0.4, 0.5) is 11.4 Å². The third-order valence-corrected chi connectivity index (χ3v) is 3.00. The number of hydrogen-bond donors (Lipinski definition) is 2. The van der Waals surface area contributed by atoms with Crippen LogP contribution in [0.1, 0.15) is 17.3 Å². The van der Waals surface area contributed by atoms with Crippen molar-refractivity contribution in [2.75, 3.05) is 24.9 Å². The van der Waals surface area contributed by atoms with Crippen LogP contribution in [0.5, 0.6) is 11.6 Å². The lowest BCUT2D eigenvalue weighted by Crippen LogP contribution is -2.14. The zero-order chi connectivity index (χ0) is 17.0. The van der Waals surface area contributed by atoms with Crippen LogP contribution in [0.15, 0.2) is 24.4 Å². The minimum absolute atomic E-state index is 0.207. The molecule has 1 aromatic carbocycles. The van der Waals surface area contributed by atoms with Crippen molar-refractivity contribution >= 4 is 23.2 Å². The first-order chi connectivity index (χ1) is 10.9. The van der Waals surface area contributed by atoms with Crippen LogP contribution < -0.4 is 20.1 Å². The Balaban J connectivity index is 2.30. The van der Waals surface area contributed by atoms with E-state index in [2.05, 4.69) is 15.7 Å². The number of carbonyl (C=O) groups excluding carboxylic acids is 2. The van der Waals surface area contributed by atoms with Crippen LogP contribution in [0.2, 0.25) is 0 Å². The average Bonchev–Trinajstić information content (AvgIpc) is 2.88. The Morgan fingerprint density at radius 1 is 1.17 bits per heavy atom. The SMILES string of the molecule is COc1ccc(NC(C)=O)cc1NC(=O)c1cn(C)nc1OC. The van der Waals surface area contributed by atoms with Gasteiger partial charge < -0.3 is 20.1 Å². The summed E-state index contributed by atoms with van der Waals surface area (Å²) in [4.78, 5) is 23.6. The molecule has 23 heavy (non-hydrogen) atoms. The highest BCUT2D eigenvalue weighted by Crippen LogP contribution is 2.29. The fraction of sp³-hybridized carbons (Fsp3) is 0.267. The molecule has 0 aliphatic carbocycles. The Hall–Kier alpha value is -3.03. The van der Waals surface area contributed by atoms with Gasteiger partial charge in [0.15, 0.2) is 0 Å². The van der Waals surface area contributed by atoms with Gasteiger partial charge in [0.05, 0.1) is 19.9 Å².